The molecule has 1 aliphatic rings. The van der Waals surface area contributed by atoms with E-state index >= 15 is 0 Å². The van der Waals surface area contributed by atoms with Gasteiger partial charge >= 0.3 is 0 Å². The molecule has 0 atom stereocenters. The lowest BCUT2D eigenvalue weighted by Gasteiger charge is -2.34. The molecule has 1 amide bonds. The molecule has 23 heavy (non-hydrogen) atoms. The highest BCUT2D eigenvalue weighted by atomic mass is 35.5. The third-order valence-corrected chi connectivity index (χ3v) is 4.70. The van der Waals surface area contributed by atoms with Crippen LogP contribution in [0.3, 0.4) is 0 Å². The maximum atomic E-state index is 12.4. The van der Waals surface area contributed by atoms with Crippen LogP contribution in [0.4, 0.5) is 0 Å². The van der Waals surface area contributed by atoms with Crippen LogP contribution >= 0.6 is 23.2 Å². The number of carbonyl (C=O) groups is 1. The minimum absolute atomic E-state index is 0.0484. The molecule has 4 nitrogen and oxygen atoms in total. The minimum atomic E-state index is 0.0484. The van der Waals surface area contributed by atoms with E-state index in [2.05, 4.69) is 9.88 Å². The fraction of sp³-hybridized carbons (Fsp3) is 0.294. The van der Waals surface area contributed by atoms with Gasteiger partial charge in [-0.2, -0.15) is 0 Å². The molecule has 120 valence electrons. The van der Waals surface area contributed by atoms with E-state index in [1.807, 2.05) is 23.1 Å². The molecule has 0 saturated carbocycles. The van der Waals surface area contributed by atoms with Crippen LogP contribution in [0.15, 0.2) is 42.7 Å². The van der Waals surface area contributed by atoms with Crippen molar-refractivity contribution in [1.82, 2.24) is 14.8 Å². The Kier molecular flexibility index (Phi) is 5.16. The number of nitrogens with zero attached hydrogens (tertiary/aromatic N) is 3. The van der Waals surface area contributed by atoms with Crippen LogP contribution in [0, 0.1) is 0 Å². The number of pyridine rings is 1. The molecule has 0 spiro atoms. The summed E-state index contributed by atoms with van der Waals surface area (Å²) in [7, 11) is 0. The Balaban J connectivity index is 1.56. The third kappa shape index (κ3) is 4.02. The molecule has 3 rings (SSSR count). The first kappa shape index (κ1) is 16.2. The molecule has 0 unspecified atom stereocenters. The fourth-order valence-electron chi connectivity index (χ4n) is 2.68. The van der Waals surface area contributed by atoms with Crippen LogP contribution in [0.1, 0.15) is 15.9 Å². The maximum Gasteiger partial charge on any atom is 0.255 e. The highest BCUT2D eigenvalue weighted by Crippen LogP contribution is 2.23. The largest absolute Gasteiger partial charge is 0.336 e. The Morgan fingerprint density at radius 1 is 1.09 bits per heavy atom. The number of aromatic nitrogens is 1. The molecule has 0 radical (unpaired) electrons. The number of halogens is 2. The van der Waals surface area contributed by atoms with Crippen molar-refractivity contribution in [3.8, 4) is 0 Å². The van der Waals surface area contributed by atoms with Gasteiger partial charge in [-0.05, 0) is 29.8 Å². The molecular formula is C17H17Cl2N3O. The van der Waals surface area contributed by atoms with Gasteiger partial charge in [0.15, 0.2) is 0 Å². The van der Waals surface area contributed by atoms with Crippen molar-refractivity contribution >= 4 is 29.1 Å². The van der Waals surface area contributed by atoms with E-state index in [0.717, 1.165) is 38.3 Å². The second-order valence-electron chi connectivity index (χ2n) is 5.56. The Morgan fingerprint density at radius 2 is 1.87 bits per heavy atom. The lowest BCUT2D eigenvalue weighted by Crippen LogP contribution is -2.48. The van der Waals surface area contributed by atoms with E-state index in [1.54, 1.807) is 24.5 Å². The first-order valence-electron chi connectivity index (χ1n) is 7.49. The van der Waals surface area contributed by atoms with Crippen molar-refractivity contribution in [2.24, 2.45) is 0 Å². The predicted molar refractivity (Wildman–Crippen MR) is 91.9 cm³/mol. The van der Waals surface area contributed by atoms with Gasteiger partial charge in [0.25, 0.3) is 5.91 Å². The van der Waals surface area contributed by atoms with Crippen LogP contribution in [0.5, 0.6) is 0 Å². The molecular weight excluding hydrogens is 333 g/mol. The Labute approximate surface area is 145 Å². The summed E-state index contributed by atoms with van der Waals surface area (Å²) >= 11 is 12.0. The van der Waals surface area contributed by atoms with Gasteiger partial charge in [-0.3, -0.25) is 14.7 Å². The van der Waals surface area contributed by atoms with Gasteiger partial charge in [0, 0.05) is 45.1 Å². The number of hydrogen-bond donors (Lipinski definition) is 0. The molecule has 0 aliphatic carbocycles. The average molecular weight is 350 g/mol. The lowest BCUT2D eigenvalue weighted by molar-refractivity contribution is 0.0628. The molecule has 2 heterocycles. The van der Waals surface area contributed by atoms with Gasteiger partial charge < -0.3 is 4.90 Å². The van der Waals surface area contributed by atoms with E-state index in [9.17, 15) is 4.79 Å². The monoisotopic (exact) mass is 349 g/mol. The van der Waals surface area contributed by atoms with Gasteiger partial charge in [-0.15, -0.1) is 0 Å². The van der Waals surface area contributed by atoms with E-state index in [0.29, 0.717) is 15.6 Å². The topological polar surface area (TPSA) is 36.4 Å². The first-order valence-corrected chi connectivity index (χ1v) is 8.24. The zero-order chi connectivity index (χ0) is 16.2. The summed E-state index contributed by atoms with van der Waals surface area (Å²) in [6.45, 7) is 3.93. The maximum absolute atomic E-state index is 12.4. The normalized spacial score (nSPS) is 15.7. The molecule has 1 saturated heterocycles. The highest BCUT2D eigenvalue weighted by molar-refractivity contribution is 6.42. The van der Waals surface area contributed by atoms with Crippen molar-refractivity contribution in [1.29, 1.82) is 0 Å². The first-order chi connectivity index (χ1) is 11.1. The molecule has 1 aliphatic heterocycles. The van der Waals surface area contributed by atoms with Crippen LogP contribution < -0.4 is 0 Å². The summed E-state index contributed by atoms with van der Waals surface area (Å²) in [4.78, 5) is 20.6. The molecule has 0 N–H and O–H groups in total. The van der Waals surface area contributed by atoms with Crippen molar-refractivity contribution in [2.75, 3.05) is 26.2 Å². The van der Waals surface area contributed by atoms with Gasteiger partial charge in [0.1, 0.15) is 0 Å². The van der Waals surface area contributed by atoms with Gasteiger partial charge in [0.2, 0.25) is 0 Å². The van der Waals surface area contributed by atoms with E-state index in [4.69, 9.17) is 23.2 Å². The third-order valence-electron chi connectivity index (χ3n) is 3.96. The zero-order valence-corrected chi connectivity index (χ0v) is 14.1. The zero-order valence-electron chi connectivity index (χ0n) is 12.6. The SMILES string of the molecule is O=C(c1cccnc1)N1CCN(Cc2ccc(Cl)c(Cl)c2)CC1. The molecule has 2 aromatic rings. The number of carbonyl (C=O) groups excluding carboxylic acids is 1. The quantitative estimate of drug-likeness (QED) is 0.852. The van der Waals surface area contributed by atoms with Crippen molar-refractivity contribution in [2.45, 2.75) is 6.54 Å². The summed E-state index contributed by atoms with van der Waals surface area (Å²) in [5, 5.41) is 1.15. The molecule has 1 aromatic heterocycles. The highest BCUT2D eigenvalue weighted by Gasteiger charge is 2.22. The number of piperazine rings is 1. The van der Waals surface area contributed by atoms with Gasteiger partial charge in [0.05, 0.1) is 15.6 Å². The summed E-state index contributed by atoms with van der Waals surface area (Å²) in [6, 6.07) is 9.30. The van der Waals surface area contributed by atoms with Crippen LogP contribution in [0.2, 0.25) is 10.0 Å². The van der Waals surface area contributed by atoms with E-state index in [-0.39, 0.29) is 5.91 Å². The summed E-state index contributed by atoms with van der Waals surface area (Å²) < 4.78 is 0. The van der Waals surface area contributed by atoms with Crippen LogP contribution in [-0.2, 0) is 6.54 Å². The van der Waals surface area contributed by atoms with Gasteiger partial charge in [-0.1, -0.05) is 29.3 Å². The Bertz CT molecular complexity index is 685. The summed E-state index contributed by atoms with van der Waals surface area (Å²) in [5.41, 5.74) is 1.77. The van der Waals surface area contributed by atoms with Crippen molar-refractivity contribution in [3.05, 3.63) is 63.9 Å². The molecule has 0 bridgehead atoms. The smallest absolute Gasteiger partial charge is 0.255 e. The predicted octanol–water partition coefficient (Wildman–Crippen LogP) is 3.35. The van der Waals surface area contributed by atoms with Gasteiger partial charge in [-0.25, -0.2) is 0 Å². The Hall–Kier alpha value is -1.62. The molecule has 1 aromatic carbocycles. The molecule has 6 heteroatoms. The standard InChI is InChI=1S/C17H17Cl2N3O/c18-15-4-3-13(10-16(15)19)12-21-6-8-22(9-7-21)17(23)14-2-1-5-20-11-14/h1-5,10-11H,6-9,12H2. The summed E-state index contributed by atoms with van der Waals surface area (Å²) in [6.07, 6.45) is 3.29. The van der Waals surface area contributed by atoms with E-state index in [1.165, 1.54) is 0 Å². The second kappa shape index (κ2) is 7.30. The molecule has 1 fully saturated rings. The number of benzene rings is 1. The average Bonchev–Trinajstić information content (AvgIpc) is 2.59. The number of hydrogen-bond acceptors (Lipinski definition) is 3. The van der Waals surface area contributed by atoms with E-state index < -0.39 is 0 Å². The van der Waals surface area contributed by atoms with Crippen LogP contribution in [-0.4, -0.2) is 46.9 Å². The van der Waals surface area contributed by atoms with Crippen molar-refractivity contribution in [3.63, 3.8) is 0 Å². The van der Waals surface area contributed by atoms with Crippen LogP contribution in [0.25, 0.3) is 0 Å². The lowest BCUT2D eigenvalue weighted by atomic mass is 10.2. The Morgan fingerprint density at radius 3 is 2.52 bits per heavy atom. The number of amides is 1. The number of rotatable bonds is 3. The minimum Gasteiger partial charge on any atom is -0.336 e. The fourth-order valence-corrected chi connectivity index (χ4v) is 3.00. The second-order valence-corrected chi connectivity index (χ2v) is 6.37. The van der Waals surface area contributed by atoms with Crippen molar-refractivity contribution < 1.29 is 4.79 Å². The summed E-state index contributed by atoms with van der Waals surface area (Å²) in [5.74, 6) is 0.0484.